The molecule has 1 atom stereocenters. The van der Waals surface area contributed by atoms with E-state index < -0.39 is 11.8 Å². The van der Waals surface area contributed by atoms with E-state index in [1.807, 2.05) is 24.3 Å². The minimum Gasteiger partial charge on any atom is -0.497 e. The number of methoxy groups -OCH3 is 1. The molecule has 7 heteroatoms. The molecule has 2 aromatic rings. The lowest BCUT2D eigenvalue weighted by atomic mass is 10.0. The topological polar surface area (TPSA) is 76.1 Å². The van der Waals surface area contributed by atoms with Crippen LogP contribution in [0.3, 0.4) is 0 Å². The van der Waals surface area contributed by atoms with Crippen LogP contribution in [-0.4, -0.2) is 41.6 Å². The maximum atomic E-state index is 14.3. The van der Waals surface area contributed by atoms with Gasteiger partial charge in [0.05, 0.1) is 19.2 Å². The van der Waals surface area contributed by atoms with Crippen LogP contribution >= 0.6 is 0 Å². The Morgan fingerprint density at radius 3 is 2.57 bits per heavy atom. The molecule has 0 radical (unpaired) electrons. The number of carbonyl (C=O) groups is 2. The van der Waals surface area contributed by atoms with Gasteiger partial charge in [-0.15, -0.1) is 0 Å². The molecule has 2 fully saturated rings. The van der Waals surface area contributed by atoms with Crippen LogP contribution in [0.25, 0.3) is 0 Å². The van der Waals surface area contributed by atoms with Gasteiger partial charge in [-0.05, 0) is 54.5 Å². The number of halogens is 1. The molecule has 1 unspecified atom stereocenters. The number of carbonyl (C=O) groups excluding carboxylic acids is 1. The van der Waals surface area contributed by atoms with Gasteiger partial charge in [-0.2, -0.15) is 0 Å². The summed E-state index contributed by atoms with van der Waals surface area (Å²) < 4.78 is 25.5. The number of carboxylic acid groups (broad SMARTS) is 1. The summed E-state index contributed by atoms with van der Waals surface area (Å²) in [5, 5.41) is 9.21. The van der Waals surface area contributed by atoms with E-state index in [0.29, 0.717) is 31.7 Å². The Bertz CT molecular complexity index is 955. The number of carboxylic acids is 1. The van der Waals surface area contributed by atoms with Crippen LogP contribution in [0.2, 0.25) is 0 Å². The summed E-state index contributed by atoms with van der Waals surface area (Å²) >= 11 is 0. The first-order valence-electron chi connectivity index (χ1n) is 10.1. The Morgan fingerprint density at radius 2 is 1.93 bits per heavy atom. The van der Waals surface area contributed by atoms with E-state index in [2.05, 4.69) is 0 Å². The maximum absolute atomic E-state index is 14.3. The van der Waals surface area contributed by atoms with E-state index in [9.17, 15) is 19.1 Å². The lowest BCUT2D eigenvalue weighted by Crippen LogP contribution is -2.44. The number of aromatic carboxylic acids is 1. The number of piperidine rings is 1. The lowest BCUT2D eigenvalue weighted by Gasteiger charge is -2.33. The van der Waals surface area contributed by atoms with Crippen LogP contribution in [0.4, 0.5) is 4.39 Å². The molecule has 1 N–H and O–H groups in total. The lowest BCUT2D eigenvalue weighted by molar-refractivity contribution is -0.136. The van der Waals surface area contributed by atoms with Gasteiger partial charge in [0.1, 0.15) is 23.4 Å². The van der Waals surface area contributed by atoms with E-state index in [1.54, 1.807) is 12.0 Å². The van der Waals surface area contributed by atoms with Crippen LogP contribution in [0.5, 0.6) is 11.5 Å². The smallest absolute Gasteiger partial charge is 0.338 e. The van der Waals surface area contributed by atoms with E-state index >= 15 is 0 Å². The largest absolute Gasteiger partial charge is 0.497 e. The number of benzene rings is 2. The number of amides is 1. The molecule has 0 aromatic heterocycles. The molecule has 158 valence electrons. The molecule has 30 heavy (non-hydrogen) atoms. The van der Waals surface area contributed by atoms with Crippen molar-refractivity contribution >= 4 is 11.9 Å². The number of nitrogens with zero attached hydrogens (tertiary/aromatic N) is 1. The average Bonchev–Trinajstić information content (AvgIpc) is 3.56. The third-order valence-corrected chi connectivity index (χ3v) is 5.63. The fraction of sp³-hybridized carbons (Fsp3) is 0.391. The Labute approximate surface area is 174 Å². The average molecular weight is 413 g/mol. The first kappa shape index (κ1) is 20.2. The summed E-state index contributed by atoms with van der Waals surface area (Å²) in [4.78, 5) is 25.4. The highest BCUT2D eigenvalue weighted by Gasteiger charge is 2.32. The second-order valence-electron chi connectivity index (χ2n) is 7.85. The zero-order chi connectivity index (χ0) is 21.3. The quantitative estimate of drug-likeness (QED) is 0.743. The standard InChI is InChI=1S/C23H24FNO5/c1-29-16-6-2-14(3-7-16)12-25-13-17(8-9-22(25)26)30-21-11-20(24)19(23(27)28)10-18(21)15-4-5-15/h2-3,6-7,10-11,15,17H,4-5,8-9,12-13H2,1H3,(H,27,28). The van der Waals surface area contributed by atoms with E-state index in [-0.39, 0.29) is 23.5 Å². The van der Waals surface area contributed by atoms with Crippen molar-refractivity contribution in [2.75, 3.05) is 13.7 Å². The van der Waals surface area contributed by atoms with Gasteiger partial charge in [0.25, 0.3) is 0 Å². The number of likely N-dealkylation sites (tertiary alicyclic amines) is 1. The molecular formula is C23H24FNO5. The highest BCUT2D eigenvalue weighted by molar-refractivity contribution is 5.88. The van der Waals surface area contributed by atoms with Crippen LogP contribution in [0.15, 0.2) is 36.4 Å². The molecule has 1 aliphatic carbocycles. The van der Waals surface area contributed by atoms with Gasteiger partial charge in [-0.1, -0.05) is 12.1 Å². The van der Waals surface area contributed by atoms with Gasteiger partial charge in [-0.25, -0.2) is 9.18 Å². The number of hydrogen-bond acceptors (Lipinski definition) is 4. The molecule has 1 heterocycles. The minimum atomic E-state index is -1.28. The van der Waals surface area contributed by atoms with Crippen molar-refractivity contribution in [2.45, 2.75) is 44.2 Å². The molecule has 2 aromatic carbocycles. The van der Waals surface area contributed by atoms with Crippen molar-refractivity contribution < 1.29 is 28.6 Å². The van der Waals surface area contributed by atoms with Gasteiger partial charge in [0.2, 0.25) is 5.91 Å². The first-order chi connectivity index (χ1) is 14.4. The summed E-state index contributed by atoms with van der Waals surface area (Å²) in [6, 6.07) is 10.1. The molecule has 0 bridgehead atoms. The second-order valence-corrected chi connectivity index (χ2v) is 7.85. The Kier molecular flexibility index (Phi) is 5.61. The Balaban J connectivity index is 1.49. The zero-order valence-corrected chi connectivity index (χ0v) is 16.8. The zero-order valence-electron chi connectivity index (χ0n) is 16.8. The van der Waals surface area contributed by atoms with Crippen molar-refractivity contribution in [1.82, 2.24) is 4.90 Å². The molecule has 1 saturated carbocycles. The van der Waals surface area contributed by atoms with Gasteiger partial charge in [0.15, 0.2) is 0 Å². The molecule has 1 aliphatic heterocycles. The van der Waals surface area contributed by atoms with Gasteiger partial charge < -0.3 is 19.5 Å². The molecule has 4 rings (SSSR count). The molecule has 0 spiro atoms. The predicted molar refractivity (Wildman–Crippen MR) is 107 cm³/mol. The van der Waals surface area contributed by atoms with E-state index in [1.165, 1.54) is 12.1 Å². The van der Waals surface area contributed by atoms with Crippen molar-refractivity contribution in [3.05, 3.63) is 58.9 Å². The molecule has 1 saturated heterocycles. The summed E-state index contributed by atoms with van der Waals surface area (Å²) in [7, 11) is 1.60. The number of rotatable bonds is 7. The SMILES string of the molecule is COc1ccc(CN2CC(Oc3cc(F)c(C(=O)O)cc3C3CC3)CCC2=O)cc1. The van der Waals surface area contributed by atoms with Crippen LogP contribution in [-0.2, 0) is 11.3 Å². The van der Waals surface area contributed by atoms with Crippen LogP contribution < -0.4 is 9.47 Å². The van der Waals surface area contributed by atoms with Crippen LogP contribution in [0, 0.1) is 5.82 Å². The third kappa shape index (κ3) is 4.40. The third-order valence-electron chi connectivity index (χ3n) is 5.63. The summed E-state index contributed by atoms with van der Waals surface area (Å²) in [5.74, 6) is -0.674. The van der Waals surface area contributed by atoms with Crippen LogP contribution in [0.1, 0.15) is 53.1 Å². The summed E-state index contributed by atoms with van der Waals surface area (Å²) in [5.41, 5.74) is 1.40. The molecule has 6 nitrogen and oxygen atoms in total. The number of hydrogen-bond donors (Lipinski definition) is 1. The van der Waals surface area contributed by atoms with Gasteiger partial charge in [0, 0.05) is 19.0 Å². The normalized spacial score (nSPS) is 18.9. The van der Waals surface area contributed by atoms with E-state index in [0.717, 1.165) is 29.7 Å². The van der Waals surface area contributed by atoms with Gasteiger partial charge >= 0.3 is 5.97 Å². The van der Waals surface area contributed by atoms with Crippen molar-refractivity contribution in [2.24, 2.45) is 0 Å². The molecular weight excluding hydrogens is 389 g/mol. The van der Waals surface area contributed by atoms with E-state index in [4.69, 9.17) is 9.47 Å². The fourth-order valence-corrected chi connectivity index (χ4v) is 3.81. The monoisotopic (exact) mass is 413 g/mol. The van der Waals surface area contributed by atoms with Gasteiger partial charge in [-0.3, -0.25) is 4.79 Å². The first-order valence-corrected chi connectivity index (χ1v) is 10.1. The Morgan fingerprint density at radius 1 is 1.20 bits per heavy atom. The minimum absolute atomic E-state index is 0.0560. The predicted octanol–water partition coefficient (Wildman–Crippen LogP) is 3.98. The second kappa shape index (κ2) is 8.34. The Hall–Kier alpha value is -3.09. The molecule has 1 amide bonds. The molecule has 2 aliphatic rings. The highest BCUT2D eigenvalue weighted by atomic mass is 19.1. The van der Waals surface area contributed by atoms with Crippen molar-refractivity contribution in [3.63, 3.8) is 0 Å². The highest BCUT2D eigenvalue weighted by Crippen LogP contribution is 2.45. The van der Waals surface area contributed by atoms with Crippen molar-refractivity contribution in [1.29, 1.82) is 0 Å². The summed E-state index contributed by atoms with van der Waals surface area (Å²) in [6.45, 7) is 0.863. The maximum Gasteiger partial charge on any atom is 0.338 e. The number of ether oxygens (including phenoxy) is 2. The summed E-state index contributed by atoms with van der Waals surface area (Å²) in [6.07, 6.45) is 2.51. The van der Waals surface area contributed by atoms with Crippen molar-refractivity contribution in [3.8, 4) is 11.5 Å². The fourth-order valence-electron chi connectivity index (χ4n) is 3.81.